The van der Waals surface area contributed by atoms with Gasteiger partial charge in [-0.05, 0) is 19.3 Å². The first-order chi connectivity index (χ1) is 8.97. The van der Waals surface area contributed by atoms with Gasteiger partial charge in [-0.15, -0.1) is 0 Å². The Hall–Kier alpha value is -1.79. The van der Waals surface area contributed by atoms with E-state index in [1.807, 2.05) is 0 Å². The van der Waals surface area contributed by atoms with Crippen molar-refractivity contribution in [1.82, 2.24) is 15.1 Å². The first-order valence-corrected chi connectivity index (χ1v) is 6.42. The zero-order valence-corrected chi connectivity index (χ0v) is 11.4. The van der Waals surface area contributed by atoms with Crippen LogP contribution in [0.15, 0.2) is 0 Å². The van der Waals surface area contributed by atoms with E-state index in [0.29, 0.717) is 13.0 Å². The second kappa shape index (κ2) is 6.96. The van der Waals surface area contributed by atoms with Gasteiger partial charge in [0, 0.05) is 33.6 Å². The van der Waals surface area contributed by atoms with Gasteiger partial charge < -0.3 is 20.2 Å². The number of amides is 3. The summed E-state index contributed by atoms with van der Waals surface area (Å²) in [5.41, 5.74) is 0. The summed E-state index contributed by atoms with van der Waals surface area (Å²) in [6.07, 6.45) is 2.34. The van der Waals surface area contributed by atoms with Crippen molar-refractivity contribution in [3.05, 3.63) is 0 Å². The standard InChI is InChI=1S/C12H21N3O4/c1-13-10(16)6-8-14(2)12(19)15-7-4-3-5-9(15)11(17)18/h9H,3-8H2,1-2H3,(H,13,16)(H,17,18). The van der Waals surface area contributed by atoms with Crippen molar-refractivity contribution in [2.24, 2.45) is 0 Å². The van der Waals surface area contributed by atoms with Crippen molar-refractivity contribution in [1.29, 1.82) is 0 Å². The highest BCUT2D eigenvalue weighted by molar-refractivity contribution is 5.83. The van der Waals surface area contributed by atoms with Crippen molar-refractivity contribution in [2.75, 3.05) is 27.2 Å². The van der Waals surface area contributed by atoms with Gasteiger partial charge in [-0.2, -0.15) is 0 Å². The van der Waals surface area contributed by atoms with E-state index in [1.165, 1.54) is 16.8 Å². The smallest absolute Gasteiger partial charge is 0.326 e. The molecule has 1 saturated heterocycles. The van der Waals surface area contributed by atoms with E-state index >= 15 is 0 Å². The van der Waals surface area contributed by atoms with Crippen molar-refractivity contribution in [3.63, 3.8) is 0 Å². The van der Waals surface area contributed by atoms with Crippen LogP contribution in [-0.2, 0) is 9.59 Å². The van der Waals surface area contributed by atoms with Crippen molar-refractivity contribution < 1.29 is 19.5 Å². The molecule has 7 heteroatoms. The molecule has 0 aromatic carbocycles. The number of nitrogens with one attached hydrogen (secondary N) is 1. The molecule has 1 unspecified atom stereocenters. The maximum absolute atomic E-state index is 12.2. The molecular weight excluding hydrogens is 250 g/mol. The summed E-state index contributed by atoms with van der Waals surface area (Å²) in [6.45, 7) is 0.738. The number of carboxylic acid groups (broad SMARTS) is 1. The van der Waals surface area contributed by atoms with Gasteiger partial charge in [-0.25, -0.2) is 9.59 Å². The maximum Gasteiger partial charge on any atom is 0.326 e. The number of hydrogen-bond acceptors (Lipinski definition) is 3. The molecule has 1 atom stereocenters. The highest BCUT2D eigenvalue weighted by Crippen LogP contribution is 2.18. The first kappa shape index (κ1) is 15.3. The molecule has 108 valence electrons. The number of likely N-dealkylation sites (tertiary alicyclic amines) is 1. The maximum atomic E-state index is 12.2. The van der Waals surface area contributed by atoms with Gasteiger partial charge in [0.25, 0.3) is 0 Å². The molecule has 0 aliphatic carbocycles. The number of rotatable bonds is 4. The molecule has 0 spiro atoms. The number of urea groups is 1. The third-order valence-electron chi connectivity index (χ3n) is 3.31. The van der Waals surface area contributed by atoms with Crippen LogP contribution in [0.2, 0.25) is 0 Å². The largest absolute Gasteiger partial charge is 0.480 e. The summed E-state index contributed by atoms with van der Waals surface area (Å²) in [5.74, 6) is -1.11. The zero-order chi connectivity index (χ0) is 14.4. The van der Waals surface area contributed by atoms with Crippen LogP contribution in [-0.4, -0.2) is 66.0 Å². The fraction of sp³-hybridized carbons (Fsp3) is 0.750. The molecule has 0 saturated carbocycles. The Bertz CT molecular complexity index is 359. The average Bonchev–Trinajstić information content (AvgIpc) is 2.43. The van der Waals surface area contributed by atoms with E-state index in [9.17, 15) is 14.4 Å². The molecule has 1 fully saturated rings. The summed E-state index contributed by atoms with van der Waals surface area (Å²) in [6, 6.07) is -1.07. The van der Waals surface area contributed by atoms with Crippen molar-refractivity contribution in [2.45, 2.75) is 31.7 Å². The van der Waals surface area contributed by atoms with Gasteiger partial charge in [0.15, 0.2) is 0 Å². The first-order valence-electron chi connectivity index (χ1n) is 6.42. The van der Waals surface area contributed by atoms with E-state index < -0.39 is 12.0 Å². The second-order valence-electron chi connectivity index (χ2n) is 4.67. The zero-order valence-electron chi connectivity index (χ0n) is 11.4. The molecule has 1 heterocycles. The minimum Gasteiger partial charge on any atom is -0.480 e. The number of nitrogens with zero attached hydrogens (tertiary/aromatic N) is 2. The lowest BCUT2D eigenvalue weighted by Crippen LogP contribution is -2.52. The quantitative estimate of drug-likeness (QED) is 0.759. The Morgan fingerprint density at radius 1 is 1.37 bits per heavy atom. The van der Waals surface area contributed by atoms with Crippen molar-refractivity contribution in [3.8, 4) is 0 Å². The van der Waals surface area contributed by atoms with Gasteiger partial charge in [0.2, 0.25) is 5.91 Å². The van der Waals surface area contributed by atoms with E-state index in [-0.39, 0.29) is 24.9 Å². The van der Waals surface area contributed by atoms with Crippen LogP contribution < -0.4 is 5.32 Å². The minimum atomic E-state index is -0.965. The number of carboxylic acids is 1. The van der Waals surface area contributed by atoms with E-state index in [4.69, 9.17) is 5.11 Å². The Morgan fingerprint density at radius 2 is 2.05 bits per heavy atom. The average molecular weight is 271 g/mol. The highest BCUT2D eigenvalue weighted by Gasteiger charge is 2.33. The highest BCUT2D eigenvalue weighted by atomic mass is 16.4. The van der Waals surface area contributed by atoms with Crippen LogP contribution in [0, 0.1) is 0 Å². The molecule has 0 aromatic heterocycles. The Labute approximate surface area is 112 Å². The SMILES string of the molecule is CNC(=O)CCN(C)C(=O)N1CCCCC1C(=O)O. The molecule has 2 N–H and O–H groups in total. The lowest BCUT2D eigenvalue weighted by atomic mass is 10.0. The summed E-state index contributed by atoms with van der Waals surface area (Å²) in [5, 5.41) is 11.6. The van der Waals surface area contributed by atoms with Gasteiger partial charge in [-0.3, -0.25) is 4.79 Å². The topological polar surface area (TPSA) is 90.0 Å². The molecular formula is C12H21N3O4. The molecule has 0 aromatic rings. The predicted octanol–water partition coefficient (Wildman–Crippen LogP) is 0.113. The lowest BCUT2D eigenvalue weighted by Gasteiger charge is -2.35. The van der Waals surface area contributed by atoms with Crippen molar-refractivity contribution >= 4 is 17.9 Å². The van der Waals surface area contributed by atoms with Crippen LogP contribution in [0.25, 0.3) is 0 Å². The third kappa shape index (κ3) is 4.11. The molecule has 1 aliphatic heterocycles. The monoisotopic (exact) mass is 271 g/mol. The number of piperidine rings is 1. The second-order valence-corrected chi connectivity index (χ2v) is 4.67. The summed E-state index contributed by atoms with van der Waals surface area (Å²) in [7, 11) is 3.12. The van der Waals surface area contributed by atoms with E-state index in [1.54, 1.807) is 7.05 Å². The van der Waals surface area contributed by atoms with Crippen LogP contribution in [0.4, 0.5) is 4.79 Å². The van der Waals surface area contributed by atoms with Crippen LogP contribution in [0.1, 0.15) is 25.7 Å². The van der Waals surface area contributed by atoms with Gasteiger partial charge in [0.05, 0.1) is 0 Å². The molecule has 7 nitrogen and oxygen atoms in total. The minimum absolute atomic E-state index is 0.145. The number of hydrogen-bond donors (Lipinski definition) is 2. The number of carbonyl (C=O) groups excluding carboxylic acids is 2. The molecule has 1 aliphatic rings. The lowest BCUT2D eigenvalue weighted by molar-refractivity contribution is -0.143. The Morgan fingerprint density at radius 3 is 2.63 bits per heavy atom. The molecule has 3 amide bonds. The van der Waals surface area contributed by atoms with Crippen LogP contribution in [0.5, 0.6) is 0 Å². The molecule has 0 radical (unpaired) electrons. The number of aliphatic carboxylic acids is 1. The summed E-state index contributed by atoms with van der Waals surface area (Å²) in [4.78, 5) is 37.2. The van der Waals surface area contributed by atoms with E-state index in [0.717, 1.165) is 12.8 Å². The molecule has 1 rings (SSSR count). The Balaban J connectivity index is 2.58. The predicted molar refractivity (Wildman–Crippen MR) is 68.7 cm³/mol. The normalized spacial score (nSPS) is 18.8. The van der Waals surface area contributed by atoms with Crippen LogP contribution in [0.3, 0.4) is 0 Å². The van der Waals surface area contributed by atoms with Crippen LogP contribution >= 0.6 is 0 Å². The Kier molecular flexibility index (Phi) is 5.59. The third-order valence-corrected chi connectivity index (χ3v) is 3.31. The number of carbonyl (C=O) groups is 3. The van der Waals surface area contributed by atoms with Gasteiger partial charge >= 0.3 is 12.0 Å². The summed E-state index contributed by atoms with van der Waals surface area (Å²) < 4.78 is 0. The van der Waals surface area contributed by atoms with E-state index in [2.05, 4.69) is 5.32 Å². The fourth-order valence-electron chi connectivity index (χ4n) is 2.13. The van der Waals surface area contributed by atoms with Gasteiger partial charge in [-0.1, -0.05) is 0 Å². The fourth-order valence-corrected chi connectivity index (χ4v) is 2.13. The molecule has 0 bridgehead atoms. The summed E-state index contributed by atoms with van der Waals surface area (Å²) >= 11 is 0. The van der Waals surface area contributed by atoms with Gasteiger partial charge in [0.1, 0.15) is 6.04 Å². The molecule has 19 heavy (non-hydrogen) atoms.